The average molecular weight is 334 g/mol. The standard InChI is InChI=1S/C13H17BrFNO3/c1-8(2)4-10(14)5-9-6-13(19-3)11(15)7-12(9)16(17)18/h6-8,10H,4-5H2,1-3H3. The molecule has 0 spiro atoms. The number of hydrogen-bond donors (Lipinski definition) is 0. The molecule has 0 fully saturated rings. The highest BCUT2D eigenvalue weighted by atomic mass is 79.9. The number of nitrogens with zero attached hydrogens (tertiary/aromatic N) is 1. The van der Waals surface area contributed by atoms with Crippen LogP contribution in [0.4, 0.5) is 10.1 Å². The second-order valence-electron chi connectivity index (χ2n) is 4.80. The molecular formula is C13H17BrFNO3. The van der Waals surface area contributed by atoms with Crippen LogP contribution in [0.15, 0.2) is 12.1 Å². The first-order valence-electron chi connectivity index (χ1n) is 6.00. The number of nitro groups is 1. The molecule has 1 aromatic carbocycles. The summed E-state index contributed by atoms with van der Waals surface area (Å²) in [7, 11) is 1.34. The number of benzene rings is 1. The second-order valence-corrected chi connectivity index (χ2v) is 6.10. The summed E-state index contributed by atoms with van der Waals surface area (Å²) in [5, 5.41) is 11.0. The van der Waals surface area contributed by atoms with E-state index in [9.17, 15) is 14.5 Å². The van der Waals surface area contributed by atoms with Gasteiger partial charge in [-0.15, -0.1) is 0 Å². The maximum atomic E-state index is 13.5. The zero-order valence-corrected chi connectivity index (χ0v) is 12.7. The highest BCUT2D eigenvalue weighted by molar-refractivity contribution is 9.09. The molecule has 6 heteroatoms. The van der Waals surface area contributed by atoms with Crippen molar-refractivity contribution in [1.82, 2.24) is 0 Å². The molecule has 0 bridgehead atoms. The van der Waals surface area contributed by atoms with Crippen molar-refractivity contribution in [2.75, 3.05) is 7.11 Å². The summed E-state index contributed by atoms with van der Waals surface area (Å²) < 4.78 is 18.4. The third-order valence-corrected chi connectivity index (χ3v) is 3.42. The molecule has 0 N–H and O–H groups in total. The Bertz CT molecular complexity index is 465. The Morgan fingerprint density at radius 1 is 1.47 bits per heavy atom. The Kier molecular flexibility index (Phi) is 5.72. The minimum absolute atomic E-state index is 0.0323. The zero-order valence-electron chi connectivity index (χ0n) is 11.2. The highest BCUT2D eigenvalue weighted by Gasteiger charge is 2.21. The van der Waals surface area contributed by atoms with Crippen molar-refractivity contribution in [2.45, 2.75) is 31.5 Å². The quantitative estimate of drug-likeness (QED) is 0.447. The molecule has 0 saturated carbocycles. The summed E-state index contributed by atoms with van der Waals surface area (Å²) in [4.78, 5) is 10.5. The van der Waals surface area contributed by atoms with Crippen molar-refractivity contribution in [3.63, 3.8) is 0 Å². The van der Waals surface area contributed by atoms with E-state index in [2.05, 4.69) is 29.8 Å². The van der Waals surface area contributed by atoms with Crippen molar-refractivity contribution in [3.8, 4) is 5.75 Å². The first-order valence-corrected chi connectivity index (χ1v) is 6.91. The van der Waals surface area contributed by atoms with Crippen LogP contribution in [0.3, 0.4) is 0 Å². The Hall–Kier alpha value is -1.17. The lowest BCUT2D eigenvalue weighted by Crippen LogP contribution is -2.09. The van der Waals surface area contributed by atoms with Gasteiger partial charge in [0, 0.05) is 10.4 Å². The lowest BCUT2D eigenvalue weighted by molar-refractivity contribution is -0.385. The van der Waals surface area contributed by atoms with Gasteiger partial charge in [0.25, 0.3) is 5.69 Å². The van der Waals surface area contributed by atoms with E-state index in [1.54, 1.807) is 0 Å². The fourth-order valence-corrected chi connectivity index (χ4v) is 3.00. The summed E-state index contributed by atoms with van der Waals surface area (Å²) in [6.45, 7) is 4.15. The maximum absolute atomic E-state index is 13.5. The zero-order chi connectivity index (χ0) is 14.6. The fraction of sp³-hybridized carbons (Fsp3) is 0.538. The van der Waals surface area contributed by atoms with Crippen molar-refractivity contribution in [2.24, 2.45) is 5.92 Å². The molecule has 0 aromatic heterocycles. The first kappa shape index (κ1) is 15.9. The van der Waals surface area contributed by atoms with Gasteiger partial charge in [0.05, 0.1) is 18.1 Å². The van der Waals surface area contributed by atoms with Crippen LogP contribution in [0.25, 0.3) is 0 Å². The minimum Gasteiger partial charge on any atom is -0.494 e. The van der Waals surface area contributed by atoms with Crippen LogP contribution in [0, 0.1) is 21.8 Å². The molecule has 0 aliphatic heterocycles. The normalized spacial score (nSPS) is 12.5. The van der Waals surface area contributed by atoms with Crippen molar-refractivity contribution in [1.29, 1.82) is 0 Å². The number of nitro benzene ring substituents is 1. The number of rotatable bonds is 6. The molecule has 0 aliphatic rings. The molecule has 0 radical (unpaired) electrons. The summed E-state index contributed by atoms with van der Waals surface area (Å²) >= 11 is 3.51. The first-order chi connectivity index (χ1) is 8.85. The second kappa shape index (κ2) is 6.84. The molecule has 1 unspecified atom stereocenters. The topological polar surface area (TPSA) is 52.4 Å². The van der Waals surface area contributed by atoms with E-state index in [1.807, 2.05) is 0 Å². The Morgan fingerprint density at radius 2 is 2.11 bits per heavy atom. The van der Waals surface area contributed by atoms with Crippen molar-refractivity contribution in [3.05, 3.63) is 33.6 Å². The van der Waals surface area contributed by atoms with Crippen LogP contribution in [0.2, 0.25) is 0 Å². The van der Waals surface area contributed by atoms with Gasteiger partial charge in [0.1, 0.15) is 0 Å². The summed E-state index contributed by atoms with van der Waals surface area (Å²) in [5.41, 5.74) is 0.275. The summed E-state index contributed by atoms with van der Waals surface area (Å²) in [5.74, 6) is -0.205. The van der Waals surface area contributed by atoms with E-state index in [0.29, 0.717) is 17.9 Å². The Morgan fingerprint density at radius 3 is 2.58 bits per heavy atom. The van der Waals surface area contributed by atoms with Gasteiger partial charge in [-0.05, 0) is 24.8 Å². The molecule has 106 valence electrons. The smallest absolute Gasteiger partial charge is 0.275 e. The molecule has 0 heterocycles. The average Bonchev–Trinajstić information content (AvgIpc) is 2.29. The van der Waals surface area contributed by atoms with Crippen LogP contribution < -0.4 is 4.74 Å². The van der Waals surface area contributed by atoms with Gasteiger partial charge in [0.2, 0.25) is 0 Å². The van der Waals surface area contributed by atoms with E-state index in [1.165, 1.54) is 13.2 Å². The molecule has 0 amide bonds. The Balaban J connectivity index is 3.06. The predicted octanol–water partition coefficient (Wildman–Crippen LogP) is 4.09. The van der Waals surface area contributed by atoms with Gasteiger partial charge >= 0.3 is 0 Å². The van der Waals surface area contributed by atoms with Gasteiger partial charge in [-0.2, -0.15) is 0 Å². The third-order valence-electron chi connectivity index (χ3n) is 2.72. The number of alkyl halides is 1. The molecule has 1 atom stereocenters. The number of ether oxygens (including phenoxy) is 1. The van der Waals surface area contributed by atoms with Crippen molar-refractivity contribution >= 4 is 21.6 Å². The van der Waals surface area contributed by atoms with E-state index in [0.717, 1.165) is 12.5 Å². The third kappa shape index (κ3) is 4.45. The fourth-order valence-electron chi connectivity index (χ4n) is 1.91. The highest BCUT2D eigenvalue weighted by Crippen LogP contribution is 2.30. The lowest BCUT2D eigenvalue weighted by Gasteiger charge is -2.13. The van der Waals surface area contributed by atoms with E-state index >= 15 is 0 Å². The molecule has 1 aromatic rings. The summed E-state index contributed by atoms with van der Waals surface area (Å²) in [6.07, 6.45) is 1.35. The van der Waals surface area contributed by atoms with Crippen molar-refractivity contribution < 1.29 is 14.1 Å². The van der Waals surface area contributed by atoms with E-state index in [4.69, 9.17) is 4.74 Å². The van der Waals surface area contributed by atoms with Gasteiger partial charge in [0.15, 0.2) is 11.6 Å². The van der Waals surface area contributed by atoms with Gasteiger partial charge in [-0.3, -0.25) is 10.1 Å². The maximum Gasteiger partial charge on any atom is 0.275 e. The Labute approximate surface area is 120 Å². The van der Waals surface area contributed by atoms with Gasteiger partial charge in [-0.1, -0.05) is 29.8 Å². The summed E-state index contributed by atoms with van der Waals surface area (Å²) in [6, 6.07) is 2.32. The van der Waals surface area contributed by atoms with Gasteiger partial charge in [-0.25, -0.2) is 4.39 Å². The molecule has 0 saturated heterocycles. The number of methoxy groups -OCH3 is 1. The van der Waals surface area contributed by atoms with Crippen LogP contribution >= 0.6 is 15.9 Å². The van der Waals surface area contributed by atoms with Crippen LogP contribution in [-0.4, -0.2) is 16.9 Å². The molecule has 4 nitrogen and oxygen atoms in total. The monoisotopic (exact) mass is 333 g/mol. The largest absolute Gasteiger partial charge is 0.494 e. The van der Waals surface area contributed by atoms with Gasteiger partial charge < -0.3 is 4.74 Å². The SMILES string of the molecule is COc1cc(CC(Br)CC(C)C)c([N+](=O)[O-])cc1F. The van der Waals surface area contributed by atoms with Crippen LogP contribution in [-0.2, 0) is 6.42 Å². The number of halogens is 2. The van der Waals surface area contributed by atoms with E-state index in [-0.39, 0.29) is 16.3 Å². The molecule has 0 aliphatic carbocycles. The molecule has 1 rings (SSSR count). The van der Waals surface area contributed by atoms with Crippen LogP contribution in [0.5, 0.6) is 5.75 Å². The molecular weight excluding hydrogens is 317 g/mol. The van der Waals surface area contributed by atoms with E-state index < -0.39 is 10.7 Å². The minimum atomic E-state index is -0.715. The predicted molar refractivity (Wildman–Crippen MR) is 75.5 cm³/mol. The van der Waals surface area contributed by atoms with Crippen LogP contribution in [0.1, 0.15) is 25.8 Å². The number of hydrogen-bond acceptors (Lipinski definition) is 3. The lowest BCUT2D eigenvalue weighted by atomic mass is 10.0. The molecule has 19 heavy (non-hydrogen) atoms.